The third-order valence-corrected chi connectivity index (χ3v) is 2.50. The summed E-state index contributed by atoms with van der Waals surface area (Å²) in [6, 6.07) is 0.487. The summed E-state index contributed by atoms with van der Waals surface area (Å²) in [5, 5.41) is 0. The van der Waals surface area contributed by atoms with E-state index in [1.807, 2.05) is 0 Å². The van der Waals surface area contributed by atoms with Crippen LogP contribution in [-0.2, 0) is 0 Å². The van der Waals surface area contributed by atoms with Gasteiger partial charge in [0, 0.05) is 6.04 Å². The molecular formula is C8H17N. The summed E-state index contributed by atoms with van der Waals surface area (Å²) in [7, 11) is 0. The van der Waals surface area contributed by atoms with Crippen LogP contribution in [0.15, 0.2) is 0 Å². The Kier molecular flexibility index (Phi) is 2.12. The molecule has 9 heavy (non-hydrogen) atoms. The average molecular weight is 127 g/mol. The van der Waals surface area contributed by atoms with E-state index in [1.54, 1.807) is 0 Å². The maximum atomic E-state index is 5.84. The van der Waals surface area contributed by atoms with Gasteiger partial charge in [-0.1, -0.05) is 13.8 Å². The van der Waals surface area contributed by atoms with Gasteiger partial charge < -0.3 is 5.73 Å². The van der Waals surface area contributed by atoms with Crippen LogP contribution >= 0.6 is 0 Å². The second-order valence-corrected chi connectivity index (χ2v) is 3.56. The summed E-state index contributed by atoms with van der Waals surface area (Å²) in [5.74, 6) is 1.67. The first-order valence-corrected chi connectivity index (χ1v) is 3.95. The van der Waals surface area contributed by atoms with Gasteiger partial charge in [0.15, 0.2) is 0 Å². The maximum Gasteiger partial charge on any atom is 0.00647 e. The first-order valence-electron chi connectivity index (χ1n) is 3.95. The van der Waals surface area contributed by atoms with E-state index in [2.05, 4.69) is 13.8 Å². The second-order valence-electron chi connectivity index (χ2n) is 3.56. The predicted octanol–water partition coefficient (Wildman–Crippen LogP) is 1.77. The molecule has 0 unspecified atom stereocenters. The van der Waals surface area contributed by atoms with Gasteiger partial charge in [-0.25, -0.2) is 0 Å². The van der Waals surface area contributed by atoms with Crippen molar-refractivity contribution in [1.29, 1.82) is 0 Å². The van der Waals surface area contributed by atoms with Crippen molar-refractivity contribution in [1.82, 2.24) is 0 Å². The van der Waals surface area contributed by atoms with Gasteiger partial charge in [0.1, 0.15) is 0 Å². The van der Waals surface area contributed by atoms with Crippen molar-refractivity contribution in [2.75, 3.05) is 0 Å². The first kappa shape index (κ1) is 7.07. The van der Waals surface area contributed by atoms with Crippen molar-refractivity contribution >= 4 is 0 Å². The van der Waals surface area contributed by atoms with Gasteiger partial charge in [0.05, 0.1) is 0 Å². The van der Waals surface area contributed by atoms with Gasteiger partial charge in [0.2, 0.25) is 0 Å². The summed E-state index contributed by atoms with van der Waals surface area (Å²) in [5.41, 5.74) is 5.84. The van der Waals surface area contributed by atoms with Crippen LogP contribution < -0.4 is 5.73 Å². The van der Waals surface area contributed by atoms with Crippen LogP contribution in [0.1, 0.15) is 33.1 Å². The van der Waals surface area contributed by atoms with Crippen LogP contribution in [0.5, 0.6) is 0 Å². The molecule has 3 atom stereocenters. The summed E-state index contributed by atoms with van der Waals surface area (Å²) < 4.78 is 0. The van der Waals surface area contributed by atoms with Crippen molar-refractivity contribution in [2.45, 2.75) is 39.2 Å². The van der Waals surface area contributed by atoms with E-state index in [1.165, 1.54) is 19.3 Å². The van der Waals surface area contributed by atoms with E-state index >= 15 is 0 Å². The lowest BCUT2D eigenvalue weighted by atomic mass is 9.80. The molecule has 0 radical (unpaired) electrons. The van der Waals surface area contributed by atoms with Crippen molar-refractivity contribution in [3.63, 3.8) is 0 Å². The Labute approximate surface area is 57.6 Å². The van der Waals surface area contributed by atoms with E-state index in [9.17, 15) is 0 Å². The fourth-order valence-electron chi connectivity index (χ4n) is 1.69. The normalized spacial score (nSPS) is 45.0. The molecule has 1 aliphatic rings. The van der Waals surface area contributed by atoms with Gasteiger partial charge in [-0.2, -0.15) is 0 Å². The third-order valence-electron chi connectivity index (χ3n) is 2.50. The lowest BCUT2D eigenvalue weighted by molar-refractivity contribution is 0.263. The van der Waals surface area contributed by atoms with Gasteiger partial charge >= 0.3 is 0 Å². The Morgan fingerprint density at radius 3 is 2.33 bits per heavy atom. The van der Waals surface area contributed by atoms with Gasteiger partial charge in [-0.15, -0.1) is 0 Å². The van der Waals surface area contributed by atoms with E-state index in [4.69, 9.17) is 5.73 Å². The molecule has 0 aliphatic heterocycles. The van der Waals surface area contributed by atoms with Crippen LogP contribution in [0.25, 0.3) is 0 Å². The van der Waals surface area contributed by atoms with Gasteiger partial charge in [-0.3, -0.25) is 0 Å². The molecular weight excluding hydrogens is 110 g/mol. The van der Waals surface area contributed by atoms with E-state index in [0.29, 0.717) is 6.04 Å². The summed E-state index contributed by atoms with van der Waals surface area (Å²) in [4.78, 5) is 0. The minimum Gasteiger partial charge on any atom is -0.327 e. The molecule has 1 nitrogen and oxygen atoms in total. The highest BCUT2D eigenvalue weighted by Gasteiger charge is 2.21. The Bertz CT molecular complexity index is 90.6. The fourth-order valence-corrected chi connectivity index (χ4v) is 1.69. The average Bonchev–Trinajstić information content (AvgIpc) is 1.80. The third kappa shape index (κ3) is 1.68. The zero-order chi connectivity index (χ0) is 6.85. The molecule has 1 heteroatoms. The molecule has 54 valence electrons. The number of hydrogen-bond acceptors (Lipinski definition) is 1. The fraction of sp³-hybridized carbons (Fsp3) is 1.00. The Hall–Kier alpha value is -0.0400. The highest BCUT2D eigenvalue weighted by atomic mass is 14.7. The second kappa shape index (κ2) is 2.70. The quantitative estimate of drug-likeness (QED) is 0.527. The van der Waals surface area contributed by atoms with E-state index in [0.717, 1.165) is 11.8 Å². The van der Waals surface area contributed by atoms with Crippen molar-refractivity contribution < 1.29 is 0 Å². The molecule has 0 heterocycles. The van der Waals surface area contributed by atoms with Gasteiger partial charge in [-0.05, 0) is 31.1 Å². The molecule has 1 aliphatic carbocycles. The highest BCUT2D eigenvalue weighted by Crippen LogP contribution is 2.26. The molecule has 2 N–H and O–H groups in total. The zero-order valence-electron chi connectivity index (χ0n) is 6.43. The Balaban J connectivity index is 2.35. The van der Waals surface area contributed by atoms with E-state index in [-0.39, 0.29) is 0 Å². The number of hydrogen-bond donors (Lipinski definition) is 1. The van der Waals surface area contributed by atoms with Crippen LogP contribution in [0, 0.1) is 11.8 Å². The molecule has 1 saturated carbocycles. The first-order chi connectivity index (χ1) is 4.20. The molecule has 0 aromatic rings. The van der Waals surface area contributed by atoms with Crippen LogP contribution in [0.3, 0.4) is 0 Å². The minimum atomic E-state index is 0.487. The van der Waals surface area contributed by atoms with Crippen molar-refractivity contribution in [3.05, 3.63) is 0 Å². The van der Waals surface area contributed by atoms with Crippen molar-refractivity contribution in [2.24, 2.45) is 17.6 Å². The molecule has 0 aromatic carbocycles. The SMILES string of the molecule is C[C@@H]1CC[C@H](N)[C@@H](C)C1. The maximum absolute atomic E-state index is 5.84. The Morgan fingerprint density at radius 2 is 1.89 bits per heavy atom. The predicted molar refractivity (Wildman–Crippen MR) is 40.2 cm³/mol. The van der Waals surface area contributed by atoms with Gasteiger partial charge in [0.25, 0.3) is 0 Å². The molecule has 0 bridgehead atoms. The molecule has 0 aromatic heterocycles. The largest absolute Gasteiger partial charge is 0.327 e. The zero-order valence-corrected chi connectivity index (χ0v) is 6.43. The highest BCUT2D eigenvalue weighted by molar-refractivity contribution is 4.77. The Morgan fingerprint density at radius 1 is 1.22 bits per heavy atom. The van der Waals surface area contributed by atoms with Crippen LogP contribution in [-0.4, -0.2) is 6.04 Å². The summed E-state index contributed by atoms with van der Waals surface area (Å²) in [6.07, 6.45) is 3.91. The molecule has 1 rings (SSSR count). The minimum absolute atomic E-state index is 0.487. The molecule has 0 saturated heterocycles. The standard InChI is InChI=1S/C8H17N/c1-6-3-4-8(9)7(2)5-6/h6-8H,3-5,9H2,1-2H3/t6-,7+,8+/m1/s1. The summed E-state index contributed by atoms with van der Waals surface area (Å²) in [6.45, 7) is 4.59. The number of nitrogens with two attached hydrogens (primary N) is 1. The lowest BCUT2D eigenvalue weighted by Gasteiger charge is -2.29. The van der Waals surface area contributed by atoms with Crippen LogP contribution in [0.2, 0.25) is 0 Å². The smallest absolute Gasteiger partial charge is 0.00647 e. The monoisotopic (exact) mass is 127 g/mol. The van der Waals surface area contributed by atoms with E-state index < -0.39 is 0 Å². The number of rotatable bonds is 0. The molecule has 0 amide bonds. The molecule has 0 spiro atoms. The summed E-state index contributed by atoms with van der Waals surface area (Å²) >= 11 is 0. The lowest BCUT2D eigenvalue weighted by Crippen LogP contribution is -2.33. The van der Waals surface area contributed by atoms with Crippen molar-refractivity contribution in [3.8, 4) is 0 Å². The topological polar surface area (TPSA) is 26.0 Å². The van der Waals surface area contributed by atoms with Crippen LogP contribution in [0.4, 0.5) is 0 Å². The molecule has 1 fully saturated rings.